The zero-order valence-electron chi connectivity index (χ0n) is 6.63. The Morgan fingerprint density at radius 3 is 2.60 bits per heavy atom. The second-order valence-corrected chi connectivity index (χ2v) is 2.35. The Bertz CT molecular complexity index is 69.4. The van der Waals surface area contributed by atoms with E-state index < -0.39 is 0 Å². The lowest BCUT2D eigenvalue weighted by atomic mass is 10.1. The molecule has 0 aromatic carbocycles. The van der Waals surface area contributed by atoms with Crippen molar-refractivity contribution in [1.82, 2.24) is 5.48 Å². The average molecular weight is 147 g/mol. The topological polar surface area (TPSA) is 73.3 Å². The molecule has 0 aliphatic heterocycles. The molecule has 0 aromatic heterocycles. The van der Waals surface area contributed by atoms with Crippen molar-refractivity contribution < 1.29 is 4.84 Å². The van der Waals surface area contributed by atoms with Crippen LogP contribution in [0.2, 0.25) is 0 Å². The molecule has 0 bridgehead atoms. The number of hydrogen-bond acceptors (Lipinski definition) is 4. The predicted octanol–water partition coefficient (Wildman–Crippen LogP) is -0.798. The fourth-order valence-corrected chi connectivity index (χ4v) is 0.716. The lowest BCUT2D eigenvalue weighted by Gasteiger charge is -2.18. The minimum atomic E-state index is 0.0740. The van der Waals surface area contributed by atoms with Gasteiger partial charge in [-0.15, -0.1) is 0 Å². The molecule has 0 aromatic rings. The molecule has 0 radical (unpaired) electrons. The summed E-state index contributed by atoms with van der Waals surface area (Å²) in [4.78, 5) is 4.70. The number of nitrogens with two attached hydrogens (primary N) is 2. The lowest BCUT2D eigenvalue weighted by molar-refractivity contribution is 0.0577. The van der Waals surface area contributed by atoms with E-state index >= 15 is 0 Å². The molecule has 0 aliphatic carbocycles. The van der Waals surface area contributed by atoms with Crippen LogP contribution in [0.5, 0.6) is 0 Å². The van der Waals surface area contributed by atoms with E-state index in [1.165, 1.54) is 0 Å². The molecule has 2 atom stereocenters. The third kappa shape index (κ3) is 3.79. The van der Waals surface area contributed by atoms with Gasteiger partial charge in [-0.3, -0.25) is 0 Å². The highest BCUT2D eigenvalue weighted by molar-refractivity contribution is 4.71. The first kappa shape index (κ1) is 9.84. The number of rotatable bonds is 5. The zero-order valence-corrected chi connectivity index (χ0v) is 6.63. The van der Waals surface area contributed by atoms with Crippen LogP contribution in [0.25, 0.3) is 0 Å². The van der Waals surface area contributed by atoms with Gasteiger partial charge in [-0.25, -0.2) is 0 Å². The standard InChI is InChI=1S/C6H17N3O/c1-5(9-10-2)6(8)3-4-7/h5-6,9H,3-4,7-8H2,1-2H3. The van der Waals surface area contributed by atoms with Crippen molar-refractivity contribution >= 4 is 0 Å². The first-order valence-corrected chi connectivity index (χ1v) is 3.46. The Hall–Kier alpha value is -0.160. The summed E-state index contributed by atoms with van der Waals surface area (Å²) in [6.45, 7) is 2.58. The third-order valence-corrected chi connectivity index (χ3v) is 1.45. The average Bonchev–Trinajstić information content (AvgIpc) is 1.89. The van der Waals surface area contributed by atoms with E-state index in [1.807, 2.05) is 6.92 Å². The van der Waals surface area contributed by atoms with Crippen LogP contribution in [-0.4, -0.2) is 25.7 Å². The minimum absolute atomic E-state index is 0.0740. The van der Waals surface area contributed by atoms with Gasteiger partial charge in [0.15, 0.2) is 0 Å². The largest absolute Gasteiger partial charge is 0.330 e. The van der Waals surface area contributed by atoms with Gasteiger partial charge in [0.1, 0.15) is 0 Å². The van der Waals surface area contributed by atoms with Gasteiger partial charge in [-0.1, -0.05) is 0 Å². The first-order valence-electron chi connectivity index (χ1n) is 3.46. The Labute approximate surface area is 61.9 Å². The quantitative estimate of drug-likeness (QED) is 0.445. The Balaban J connectivity index is 3.38. The summed E-state index contributed by atoms with van der Waals surface area (Å²) in [5.41, 5.74) is 13.8. The number of hydroxylamine groups is 1. The van der Waals surface area contributed by atoms with Gasteiger partial charge in [-0.05, 0) is 19.9 Å². The Morgan fingerprint density at radius 2 is 2.20 bits per heavy atom. The van der Waals surface area contributed by atoms with Gasteiger partial charge >= 0.3 is 0 Å². The maximum Gasteiger partial charge on any atom is 0.0572 e. The van der Waals surface area contributed by atoms with Gasteiger partial charge in [0.05, 0.1) is 7.11 Å². The second kappa shape index (κ2) is 5.61. The third-order valence-electron chi connectivity index (χ3n) is 1.45. The van der Waals surface area contributed by atoms with E-state index in [1.54, 1.807) is 7.11 Å². The van der Waals surface area contributed by atoms with E-state index in [9.17, 15) is 0 Å². The fourth-order valence-electron chi connectivity index (χ4n) is 0.716. The van der Waals surface area contributed by atoms with Crippen molar-refractivity contribution in [2.24, 2.45) is 11.5 Å². The van der Waals surface area contributed by atoms with Gasteiger partial charge in [0, 0.05) is 12.1 Å². The van der Waals surface area contributed by atoms with Crippen molar-refractivity contribution in [3.8, 4) is 0 Å². The van der Waals surface area contributed by atoms with Crippen LogP contribution < -0.4 is 16.9 Å². The lowest BCUT2D eigenvalue weighted by Crippen LogP contribution is -2.43. The molecule has 0 heterocycles. The molecule has 0 saturated carbocycles. The first-order chi connectivity index (χ1) is 4.72. The second-order valence-electron chi connectivity index (χ2n) is 2.35. The fraction of sp³-hybridized carbons (Fsp3) is 1.00. The molecule has 0 aliphatic rings. The molecule has 0 saturated heterocycles. The maximum atomic E-state index is 5.69. The highest BCUT2D eigenvalue weighted by Crippen LogP contribution is 1.92. The van der Waals surface area contributed by atoms with E-state index in [0.29, 0.717) is 6.54 Å². The molecule has 2 unspecified atom stereocenters. The van der Waals surface area contributed by atoms with Crippen LogP contribution in [0.4, 0.5) is 0 Å². The summed E-state index contributed by atoms with van der Waals surface area (Å²) < 4.78 is 0. The summed E-state index contributed by atoms with van der Waals surface area (Å²) >= 11 is 0. The van der Waals surface area contributed by atoms with Gasteiger partial charge < -0.3 is 16.3 Å². The molecule has 5 N–H and O–H groups in total. The molecule has 4 nitrogen and oxygen atoms in total. The van der Waals surface area contributed by atoms with Crippen LogP contribution in [-0.2, 0) is 4.84 Å². The monoisotopic (exact) mass is 147 g/mol. The highest BCUT2D eigenvalue weighted by atomic mass is 16.6. The van der Waals surface area contributed by atoms with Crippen LogP contribution >= 0.6 is 0 Å². The molecular weight excluding hydrogens is 130 g/mol. The highest BCUT2D eigenvalue weighted by Gasteiger charge is 2.09. The summed E-state index contributed by atoms with van der Waals surface area (Å²) in [7, 11) is 1.58. The van der Waals surface area contributed by atoms with Crippen LogP contribution in [0.1, 0.15) is 13.3 Å². The van der Waals surface area contributed by atoms with Crippen molar-refractivity contribution in [1.29, 1.82) is 0 Å². The maximum absolute atomic E-state index is 5.69. The smallest absolute Gasteiger partial charge is 0.0572 e. The molecule has 0 fully saturated rings. The Morgan fingerprint density at radius 1 is 1.60 bits per heavy atom. The van der Waals surface area contributed by atoms with Crippen molar-refractivity contribution in [2.75, 3.05) is 13.7 Å². The van der Waals surface area contributed by atoms with Crippen molar-refractivity contribution in [3.63, 3.8) is 0 Å². The van der Waals surface area contributed by atoms with Gasteiger partial charge in [-0.2, -0.15) is 5.48 Å². The molecule has 10 heavy (non-hydrogen) atoms. The predicted molar refractivity (Wildman–Crippen MR) is 41.3 cm³/mol. The van der Waals surface area contributed by atoms with Crippen molar-refractivity contribution in [3.05, 3.63) is 0 Å². The summed E-state index contributed by atoms with van der Waals surface area (Å²) in [6.07, 6.45) is 0.817. The van der Waals surface area contributed by atoms with Crippen molar-refractivity contribution in [2.45, 2.75) is 25.4 Å². The van der Waals surface area contributed by atoms with Gasteiger partial charge in [0.2, 0.25) is 0 Å². The molecule has 62 valence electrons. The summed E-state index contributed by atoms with van der Waals surface area (Å²) in [5, 5.41) is 0. The van der Waals surface area contributed by atoms with E-state index in [0.717, 1.165) is 6.42 Å². The van der Waals surface area contributed by atoms with Crippen LogP contribution in [0.3, 0.4) is 0 Å². The molecule has 0 rings (SSSR count). The molecule has 4 heteroatoms. The van der Waals surface area contributed by atoms with Gasteiger partial charge in [0.25, 0.3) is 0 Å². The molecule has 0 amide bonds. The molecule has 0 spiro atoms. The van der Waals surface area contributed by atoms with E-state index in [4.69, 9.17) is 16.3 Å². The van der Waals surface area contributed by atoms with Crippen LogP contribution in [0, 0.1) is 0 Å². The number of hydrogen-bond donors (Lipinski definition) is 3. The van der Waals surface area contributed by atoms with Crippen LogP contribution in [0.15, 0.2) is 0 Å². The Kier molecular flexibility index (Phi) is 5.52. The SMILES string of the molecule is CONC(C)C(N)CCN. The normalized spacial score (nSPS) is 16.8. The van der Waals surface area contributed by atoms with E-state index in [-0.39, 0.29) is 12.1 Å². The minimum Gasteiger partial charge on any atom is -0.330 e. The molecular formula is C6H17N3O. The summed E-state index contributed by atoms with van der Waals surface area (Å²) in [5.74, 6) is 0. The zero-order chi connectivity index (χ0) is 7.98. The summed E-state index contributed by atoms with van der Waals surface area (Å²) in [6, 6.07) is 0.235. The number of nitrogens with one attached hydrogen (secondary N) is 1. The van der Waals surface area contributed by atoms with E-state index in [2.05, 4.69) is 5.48 Å².